The van der Waals surface area contributed by atoms with Gasteiger partial charge in [-0.25, -0.2) is 0 Å². The molecular formula is C14H24N4O3. The van der Waals surface area contributed by atoms with Crippen LogP contribution in [0.25, 0.3) is 0 Å². The van der Waals surface area contributed by atoms with Crippen molar-refractivity contribution in [1.29, 1.82) is 0 Å². The number of aromatic nitrogens is 1. The lowest BCUT2D eigenvalue weighted by atomic mass is 10.3. The van der Waals surface area contributed by atoms with E-state index in [1.807, 2.05) is 0 Å². The van der Waals surface area contributed by atoms with Crippen molar-refractivity contribution in [2.75, 3.05) is 58.3 Å². The molecule has 0 spiro atoms. The Balaban J connectivity index is 1.65. The monoisotopic (exact) mass is 296 g/mol. The highest BCUT2D eigenvalue weighted by atomic mass is 16.5. The highest BCUT2D eigenvalue weighted by molar-refractivity contribution is 5.91. The largest absolute Gasteiger partial charge is 0.385 e. The molecule has 0 radical (unpaired) electrons. The first-order valence-electron chi connectivity index (χ1n) is 7.34. The lowest BCUT2D eigenvalue weighted by molar-refractivity contribution is -0.117. The van der Waals surface area contributed by atoms with Crippen molar-refractivity contribution in [3.63, 3.8) is 0 Å². The number of rotatable bonds is 7. The first-order chi connectivity index (χ1) is 10.2. The van der Waals surface area contributed by atoms with E-state index >= 15 is 0 Å². The SMILES string of the molecule is COCCCN1CCN(CC(=O)Nc2cc(C)on2)CC1. The van der Waals surface area contributed by atoms with Gasteiger partial charge < -0.3 is 19.5 Å². The number of carbonyl (C=O) groups is 1. The lowest BCUT2D eigenvalue weighted by Gasteiger charge is -2.34. The third-order valence-electron chi connectivity index (χ3n) is 3.55. The average Bonchev–Trinajstić information content (AvgIpc) is 2.86. The molecule has 2 heterocycles. The molecule has 0 bridgehead atoms. The molecule has 21 heavy (non-hydrogen) atoms. The summed E-state index contributed by atoms with van der Waals surface area (Å²) in [4.78, 5) is 16.5. The molecule has 1 fully saturated rings. The van der Waals surface area contributed by atoms with E-state index in [0.29, 0.717) is 18.1 Å². The van der Waals surface area contributed by atoms with E-state index in [0.717, 1.165) is 45.8 Å². The number of nitrogens with zero attached hydrogens (tertiary/aromatic N) is 3. The van der Waals surface area contributed by atoms with Crippen molar-refractivity contribution < 1.29 is 14.1 Å². The summed E-state index contributed by atoms with van der Waals surface area (Å²) in [7, 11) is 1.73. The van der Waals surface area contributed by atoms with Crippen LogP contribution in [0.5, 0.6) is 0 Å². The molecule has 0 atom stereocenters. The van der Waals surface area contributed by atoms with E-state index in [9.17, 15) is 4.79 Å². The second kappa shape index (κ2) is 8.11. The van der Waals surface area contributed by atoms with Crippen molar-refractivity contribution in [2.24, 2.45) is 0 Å². The van der Waals surface area contributed by atoms with E-state index in [-0.39, 0.29) is 5.91 Å². The zero-order valence-corrected chi connectivity index (χ0v) is 12.8. The highest BCUT2D eigenvalue weighted by Crippen LogP contribution is 2.07. The molecule has 1 aromatic rings. The Morgan fingerprint density at radius 1 is 1.38 bits per heavy atom. The lowest BCUT2D eigenvalue weighted by Crippen LogP contribution is -2.48. The Hall–Kier alpha value is -1.44. The van der Waals surface area contributed by atoms with Crippen LogP contribution in [0.3, 0.4) is 0 Å². The van der Waals surface area contributed by atoms with E-state index in [1.54, 1.807) is 20.1 Å². The number of carbonyl (C=O) groups excluding carboxylic acids is 1. The molecule has 0 saturated carbocycles. The Labute approximate surface area is 125 Å². The molecule has 0 aliphatic carbocycles. The molecule has 7 heteroatoms. The number of hydrogen-bond acceptors (Lipinski definition) is 6. The molecule has 118 valence electrons. The van der Waals surface area contributed by atoms with Gasteiger partial charge in [0, 0.05) is 52.5 Å². The van der Waals surface area contributed by atoms with Crippen LogP contribution in [-0.2, 0) is 9.53 Å². The maximum absolute atomic E-state index is 11.9. The number of nitrogens with one attached hydrogen (secondary N) is 1. The van der Waals surface area contributed by atoms with Crippen LogP contribution in [0.4, 0.5) is 5.82 Å². The second-order valence-electron chi connectivity index (χ2n) is 5.34. The number of anilines is 1. The minimum Gasteiger partial charge on any atom is -0.385 e. The van der Waals surface area contributed by atoms with Crippen LogP contribution >= 0.6 is 0 Å². The number of amides is 1. The summed E-state index contributed by atoms with van der Waals surface area (Å²) in [5.74, 6) is 1.13. The summed E-state index contributed by atoms with van der Waals surface area (Å²) >= 11 is 0. The van der Waals surface area contributed by atoms with E-state index in [4.69, 9.17) is 9.26 Å². The van der Waals surface area contributed by atoms with Crippen LogP contribution < -0.4 is 5.32 Å². The minimum absolute atomic E-state index is 0.0452. The molecule has 0 aromatic carbocycles. The standard InChI is InChI=1S/C14H24N4O3/c1-12-10-13(16-21-12)15-14(19)11-18-7-5-17(6-8-18)4-3-9-20-2/h10H,3-9,11H2,1-2H3,(H,15,16,19). The van der Waals surface area contributed by atoms with Crippen LogP contribution in [0.1, 0.15) is 12.2 Å². The van der Waals surface area contributed by atoms with Gasteiger partial charge in [-0.15, -0.1) is 0 Å². The molecule has 1 aromatic heterocycles. The number of aryl methyl sites for hydroxylation is 1. The molecular weight excluding hydrogens is 272 g/mol. The van der Waals surface area contributed by atoms with E-state index < -0.39 is 0 Å². The van der Waals surface area contributed by atoms with Crippen LogP contribution in [0.15, 0.2) is 10.6 Å². The molecule has 1 amide bonds. The van der Waals surface area contributed by atoms with Crippen LogP contribution in [0, 0.1) is 6.92 Å². The fourth-order valence-corrected chi connectivity index (χ4v) is 2.41. The fraction of sp³-hybridized carbons (Fsp3) is 0.714. The van der Waals surface area contributed by atoms with Gasteiger partial charge in [0.05, 0.1) is 6.54 Å². The number of methoxy groups -OCH3 is 1. The number of ether oxygens (including phenoxy) is 1. The first kappa shape index (κ1) is 15.9. The van der Waals surface area contributed by atoms with Crippen molar-refractivity contribution in [3.05, 3.63) is 11.8 Å². The Morgan fingerprint density at radius 2 is 2.10 bits per heavy atom. The first-order valence-corrected chi connectivity index (χ1v) is 7.34. The molecule has 0 unspecified atom stereocenters. The van der Waals surface area contributed by atoms with Gasteiger partial charge in [0.1, 0.15) is 5.76 Å². The minimum atomic E-state index is -0.0452. The van der Waals surface area contributed by atoms with E-state index in [1.165, 1.54) is 0 Å². The highest BCUT2D eigenvalue weighted by Gasteiger charge is 2.19. The van der Waals surface area contributed by atoms with Crippen LogP contribution in [-0.4, -0.2) is 73.8 Å². The topological polar surface area (TPSA) is 70.8 Å². The number of piperazine rings is 1. The summed E-state index contributed by atoms with van der Waals surface area (Å²) < 4.78 is 9.98. The zero-order chi connectivity index (χ0) is 15.1. The second-order valence-corrected chi connectivity index (χ2v) is 5.34. The van der Waals surface area contributed by atoms with Gasteiger partial charge in [0.2, 0.25) is 5.91 Å². The maximum atomic E-state index is 11.9. The quantitative estimate of drug-likeness (QED) is 0.742. The smallest absolute Gasteiger partial charge is 0.239 e. The van der Waals surface area contributed by atoms with Gasteiger partial charge in [-0.05, 0) is 13.3 Å². The summed E-state index contributed by atoms with van der Waals surface area (Å²) in [6.45, 7) is 7.89. The summed E-state index contributed by atoms with van der Waals surface area (Å²) in [5.41, 5.74) is 0. The van der Waals surface area contributed by atoms with Crippen molar-refractivity contribution in [1.82, 2.24) is 15.0 Å². The molecule has 1 N–H and O–H groups in total. The third-order valence-corrected chi connectivity index (χ3v) is 3.55. The van der Waals surface area contributed by atoms with Crippen molar-refractivity contribution in [2.45, 2.75) is 13.3 Å². The molecule has 2 rings (SSSR count). The predicted molar refractivity (Wildman–Crippen MR) is 79.2 cm³/mol. The van der Waals surface area contributed by atoms with Gasteiger partial charge in [0.25, 0.3) is 0 Å². The molecule has 1 saturated heterocycles. The molecule has 1 aliphatic rings. The van der Waals surface area contributed by atoms with Crippen molar-refractivity contribution in [3.8, 4) is 0 Å². The maximum Gasteiger partial charge on any atom is 0.239 e. The number of hydrogen-bond donors (Lipinski definition) is 1. The van der Waals surface area contributed by atoms with Gasteiger partial charge in [-0.2, -0.15) is 0 Å². The average molecular weight is 296 g/mol. The Kier molecular flexibility index (Phi) is 6.16. The van der Waals surface area contributed by atoms with Gasteiger partial charge in [0.15, 0.2) is 5.82 Å². The van der Waals surface area contributed by atoms with Gasteiger partial charge >= 0.3 is 0 Å². The summed E-state index contributed by atoms with van der Waals surface area (Å²) in [6.07, 6.45) is 1.06. The van der Waals surface area contributed by atoms with Gasteiger partial charge in [-0.1, -0.05) is 5.16 Å². The van der Waals surface area contributed by atoms with E-state index in [2.05, 4.69) is 20.3 Å². The summed E-state index contributed by atoms with van der Waals surface area (Å²) in [5, 5.41) is 6.50. The Bertz CT molecular complexity index is 441. The van der Waals surface area contributed by atoms with Crippen LogP contribution in [0.2, 0.25) is 0 Å². The fourth-order valence-electron chi connectivity index (χ4n) is 2.41. The predicted octanol–water partition coefficient (Wildman–Crippen LogP) is 0.576. The Morgan fingerprint density at radius 3 is 2.71 bits per heavy atom. The summed E-state index contributed by atoms with van der Waals surface area (Å²) in [6, 6.07) is 1.71. The zero-order valence-electron chi connectivity index (χ0n) is 12.8. The van der Waals surface area contributed by atoms with Gasteiger partial charge in [-0.3, -0.25) is 9.69 Å². The molecule has 7 nitrogen and oxygen atoms in total. The third kappa shape index (κ3) is 5.45. The molecule has 1 aliphatic heterocycles. The van der Waals surface area contributed by atoms with Crippen molar-refractivity contribution >= 4 is 11.7 Å². The normalized spacial score (nSPS) is 17.0.